The fourth-order valence-electron chi connectivity index (χ4n) is 3.18. The predicted molar refractivity (Wildman–Crippen MR) is 111 cm³/mol. The summed E-state index contributed by atoms with van der Waals surface area (Å²) in [5.41, 5.74) is 2.39. The number of aromatic nitrogens is 1. The minimum Gasteiger partial charge on any atom is -0.351 e. The lowest BCUT2D eigenvalue weighted by atomic mass is 10.0. The van der Waals surface area contributed by atoms with Crippen LogP contribution in [0, 0.1) is 12.7 Å². The number of hydrogen-bond donors (Lipinski definition) is 1. The molecule has 0 saturated carbocycles. The minimum atomic E-state index is -0.219. The van der Waals surface area contributed by atoms with Crippen LogP contribution in [0.15, 0.2) is 58.5 Å². The van der Waals surface area contributed by atoms with Gasteiger partial charge in [0.25, 0.3) is 0 Å². The topological polar surface area (TPSA) is 28.2 Å². The quantitative estimate of drug-likeness (QED) is 0.534. The first-order chi connectivity index (χ1) is 12.5. The Hall–Kier alpha value is -1.83. The number of thiophene rings is 1. The number of anilines is 1. The van der Waals surface area contributed by atoms with Crippen molar-refractivity contribution in [2.45, 2.75) is 19.0 Å². The van der Waals surface area contributed by atoms with Crippen LogP contribution in [0.25, 0.3) is 0 Å². The van der Waals surface area contributed by atoms with Crippen LogP contribution in [0.3, 0.4) is 0 Å². The van der Waals surface area contributed by atoms with Crippen LogP contribution in [-0.4, -0.2) is 10.1 Å². The molecule has 0 aliphatic carbocycles. The molecule has 3 nitrogen and oxygen atoms in total. The second-order valence-corrected chi connectivity index (χ2v) is 8.34. The lowest BCUT2D eigenvalue weighted by Crippen LogP contribution is -2.29. The maximum Gasteiger partial charge on any atom is 0.174 e. The van der Waals surface area contributed by atoms with E-state index in [-0.39, 0.29) is 17.9 Å². The van der Waals surface area contributed by atoms with Crippen LogP contribution >= 0.6 is 39.5 Å². The Morgan fingerprint density at radius 3 is 2.77 bits per heavy atom. The second-order valence-electron chi connectivity index (χ2n) is 6.10. The first-order valence-electron chi connectivity index (χ1n) is 8.05. The highest BCUT2D eigenvalue weighted by molar-refractivity contribution is 9.10. The van der Waals surface area contributed by atoms with Crippen LogP contribution in [-0.2, 0) is 0 Å². The molecule has 2 aromatic heterocycles. The lowest BCUT2D eigenvalue weighted by Gasteiger charge is -2.27. The maximum atomic E-state index is 13.8. The van der Waals surface area contributed by atoms with Gasteiger partial charge in [-0.1, -0.05) is 6.07 Å². The second kappa shape index (κ2) is 7.06. The van der Waals surface area contributed by atoms with Gasteiger partial charge in [0.05, 0.1) is 17.8 Å². The van der Waals surface area contributed by atoms with E-state index in [0.29, 0.717) is 10.7 Å². The van der Waals surface area contributed by atoms with Crippen molar-refractivity contribution >= 4 is 50.3 Å². The summed E-state index contributed by atoms with van der Waals surface area (Å²) in [4.78, 5) is 7.73. The normalized spacial score (nSPS) is 19.7. The van der Waals surface area contributed by atoms with Crippen LogP contribution in [0.4, 0.5) is 10.1 Å². The molecule has 0 spiro atoms. The van der Waals surface area contributed by atoms with Gasteiger partial charge in [0.15, 0.2) is 5.11 Å². The minimum absolute atomic E-state index is 0.0569. The van der Waals surface area contributed by atoms with Gasteiger partial charge in [-0.15, -0.1) is 11.3 Å². The van der Waals surface area contributed by atoms with E-state index in [1.165, 1.54) is 6.07 Å². The lowest BCUT2D eigenvalue weighted by molar-refractivity contribution is 0.574. The number of thiocarbonyl (C=S) groups is 1. The molecule has 1 saturated heterocycles. The van der Waals surface area contributed by atoms with Crippen LogP contribution in [0.2, 0.25) is 0 Å². The molecule has 1 N–H and O–H groups in total. The van der Waals surface area contributed by atoms with Gasteiger partial charge >= 0.3 is 0 Å². The molecular formula is C19H15BrFN3S2. The summed E-state index contributed by atoms with van der Waals surface area (Å²) in [6, 6.07) is 12.9. The fraction of sp³-hybridized carbons (Fsp3) is 0.158. The summed E-state index contributed by atoms with van der Waals surface area (Å²) >= 11 is 10.9. The van der Waals surface area contributed by atoms with Crippen LogP contribution in [0.5, 0.6) is 0 Å². The molecule has 3 heterocycles. The summed E-state index contributed by atoms with van der Waals surface area (Å²) in [5.74, 6) is -0.219. The summed E-state index contributed by atoms with van der Waals surface area (Å²) in [5, 5.41) is 6.07. The number of aryl methyl sites for hydroxylation is 1. The Kier molecular flexibility index (Phi) is 4.77. The molecular weight excluding hydrogens is 433 g/mol. The Morgan fingerprint density at radius 1 is 1.27 bits per heavy atom. The van der Waals surface area contributed by atoms with E-state index in [0.717, 1.165) is 20.7 Å². The summed E-state index contributed by atoms with van der Waals surface area (Å²) in [6.07, 6.45) is 1.78. The van der Waals surface area contributed by atoms with Crippen LogP contribution in [0.1, 0.15) is 28.2 Å². The van der Waals surface area contributed by atoms with Crippen molar-refractivity contribution in [3.63, 3.8) is 0 Å². The van der Waals surface area contributed by atoms with E-state index >= 15 is 0 Å². The van der Waals surface area contributed by atoms with Crippen molar-refractivity contribution in [1.29, 1.82) is 0 Å². The molecule has 132 valence electrons. The highest BCUT2D eigenvalue weighted by atomic mass is 79.9. The van der Waals surface area contributed by atoms with Gasteiger partial charge in [-0.2, -0.15) is 0 Å². The average Bonchev–Trinajstić information content (AvgIpc) is 3.21. The maximum absolute atomic E-state index is 13.8. The number of benzene rings is 1. The summed E-state index contributed by atoms with van der Waals surface area (Å²) in [7, 11) is 0. The molecule has 3 aromatic rings. The Labute approximate surface area is 169 Å². The highest BCUT2D eigenvalue weighted by Gasteiger charge is 2.41. The molecule has 7 heteroatoms. The van der Waals surface area contributed by atoms with E-state index in [9.17, 15) is 4.39 Å². The zero-order valence-electron chi connectivity index (χ0n) is 13.8. The first-order valence-corrected chi connectivity index (χ1v) is 10.1. The summed E-state index contributed by atoms with van der Waals surface area (Å²) < 4.78 is 14.8. The van der Waals surface area contributed by atoms with Gasteiger partial charge in [-0.05, 0) is 77.0 Å². The zero-order valence-corrected chi connectivity index (χ0v) is 17.0. The third kappa shape index (κ3) is 3.15. The Balaban J connectivity index is 1.83. The van der Waals surface area contributed by atoms with E-state index in [1.807, 2.05) is 24.3 Å². The SMILES string of the molecule is Cc1cc(N2C(=S)N[C@@H](c3ccccn3)[C@H]2c2cc(Br)cs2)ccc1F. The van der Waals surface area contributed by atoms with Gasteiger partial charge in [0.2, 0.25) is 0 Å². The van der Waals surface area contributed by atoms with Crippen molar-refractivity contribution in [1.82, 2.24) is 10.3 Å². The Morgan fingerprint density at radius 2 is 2.12 bits per heavy atom. The smallest absolute Gasteiger partial charge is 0.174 e. The molecule has 4 rings (SSSR count). The zero-order chi connectivity index (χ0) is 18.3. The molecule has 2 atom stereocenters. The predicted octanol–water partition coefficient (Wildman–Crippen LogP) is 5.53. The van der Waals surface area contributed by atoms with Crippen molar-refractivity contribution in [2.75, 3.05) is 4.90 Å². The van der Waals surface area contributed by atoms with Gasteiger partial charge in [0, 0.05) is 26.6 Å². The van der Waals surface area contributed by atoms with Gasteiger partial charge in [-0.3, -0.25) is 4.98 Å². The molecule has 1 aliphatic heterocycles. The molecule has 0 unspecified atom stereocenters. The first kappa shape index (κ1) is 17.6. The number of nitrogens with one attached hydrogen (secondary N) is 1. The van der Waals surface area contributed by atoms with E-state index < -0.39 is 0 Å². The highest BCUT2D eigenvalue weighted by Crippen LogP contribution is 2.44. The fourth-order valence-corrected chi connectivity index (χ4v) is 5.10. The standard InChI is InChI=1S/C19H15BrFN3S2/c1-11-8-13(5-6-14(11)21)24-18(16-9-12(20)10-26-16)17(23-19(24)25)15-4-2-3-7-22-15/h2-10,17-18H,1H3,(H,23,25)/t17-,18+/m0/s1. The van der Waals surface area contributed by atoms with Crippen molar-refractivity contribution in [3.8, 4) is 0 Å². The van der Waals surface area contributed by atoms with Gasteiger partial charge in [-0.25, -0.2) is 4.39 Å². The molecule has 0 amide bonds. The van der Waals surface area contributed by atoms with Gasteiger partial charge < -0.3 is 10.2 Å². The van der Waals surface area contributed by atoms with E-state index in [1.54, 1.807) is 30.5 Å². The average molecular weight is 448 g/mol. The number of rotatable bonds is 3. The number of pyridine rings is 1. The van der Waals surface area contributed by atoms with E-state index in [2.05, 4.69) is 42.6 Å². The van der Waals surface area contributed by atoms with E-state index in [4.69, 9.17) is 12.2 Å². The molecule has 1 aromatic carbocycles. The van der Waals surface area contributed by atoms with Gasteiger partial charge in [0.1, 0.15) is 5.82 Å². The number of nitrogens with zero attached hydrogens (tertiary/aromatic N) is 2. The third-order valence-electron chi connectivity index (χ3n) is 4.40. The van der Waals surface area contributed by atoms with Crippen molar-refractivity contribution in [3.05, 3.63) is 80.5 Å². The Bertz CT molecular complexity index is 960. The van der Waals surface area contributed by atoms with Crippen molar-refractivity contribution in [2.24, 2.45) is 0 Å². The van der Waals surface area contributed by atoms with Crippen LogP contribution < -0.4 is 10.2 Å². The molecule has 0 radical (unpaired) electrons. The number of halogens is 2. The third-order valence-corrected chi connectivity index (χ3v) is 6.48. The summed E-state index contributed by atoms with van der Waals surface area (Å²) in [6.45, 7) is 1.76. The number of hydrogen-bond acceptors (Lipinski definition) is 3. The monoisotopic (exact) mass is 447 g/mol. The molecule has 26 heavy (non-hydrogen) atoms. The molecule has 0 bridgehead atoms. The molecule has 1 fully saturated rings. The largest absolute Gasteiger partial charge is 0.351 e. The molecule has 1 aliphatic rings. The van der Waals surface area contributed by atoms with Crippen molar-refractivity contribution < 1.29 is 4.39 Å².